The molecule has 126 valence electrons. The molecule has 0 spiro atoms. The van der Waals surface area contributed by atoms with E-state index >= 15 is 0 Å². The second-order valence-corrected chi connectivity index (χ2v) is 6.52. The van der Waals surface area contributed by atoms with Crippen LogP contribution in [0.2, 0.25) is 0 Å². The molecule has 2 aliphatic rings. The summed E-state index contributed by atoms with van der Waals surface area (Å²) in [6, 6.07) is 1.25. The third kappa shape index (κ3) is 3.30. The van der Waals surface area contributed by atoms with Crippen molar-refractivity contribution >= 4 is 29.7 Å². The lowest BCUT2D eigenvalue weighted by molar-refractivity contribution is -0.460. The van der Waals surface area contributed by atoms with Gasteiger partial charge in [0.2, 0.25) is 5.04 Å². The molecule has 5 nitrogen and oxygen atoms in total. The zero-order valence-electron chi connectivity index (χ0n) is 13.2. The molecule has 0 amide bonds. The van der Waals surface area contributed by atoms with Crippen molar-refractivity contribution < 1.29 is 26.9 Å². The summed E-state index contributed by atoms with van der Waals surface area (Å²) >= 11 is 1.47. The summed E-state index contributed by atoms with van der Waals surface area (Å²) in [4.78, 5) is 12.8. The molecule has 0 aliphatic carbocycles. The number of hydrogen-bond donors (Lipinski definition) is 0. The van der Waals surface area contributed by atoms with Crippen LogP contribution in [-0.4, -0.2) is 30.8 Å². The zero-order chi connectivity index (χ0) is 17.5. The molecule has 9 heteroatoms. The highest BCUT2D eigenvalue weighted by molar-refractivity contribution is 8.18. The number of nitrogens with zero attached hydrogens (tertiary/aromatic N) is 1. The van der Waals surface area contributed by atoms with Gasteiger partial charge in [-0.25, -0.2) is 9.37 Å². The summed E-state index contributed by atoms with van der Waals surface area (Å²) in [5, 5.41) is 1.01. The van der Waals surface area contributed by atoms with Gasteiger partial charge < -0.3 is 22.4 Å². The smallest absolute Gasteiger partial charge is 0.627 e. The van der Waals surface area contributed by atoms with Gasteiger partial charge in [0.1, 0.15) is 25.4 Å². The monoisotopic (exact) mass is 353 g/mol. The van der Waals surface area contributed by atoms with Crippen molar-refractivity contribution in [3.8, 4) is 5.75 Å². The molecule has 1 aromatic heterocycles. The Labute approximate surface area is 141 Å². The van der Waals surface area contributed by atoms with Crippen molar-refractivity contribution in [1.29, 1.82) is 0 Å². The Kier molecular flexibility index (Phi) is 4.12. The number of rotatable bonds is 1. The molecule has 2 aliphatic heterocycles. The third-order valence-corrected chi connectivity index (χ3v) is 4.48. The molecule has 0 aromatic carbocycles. The lowest BCUT2D eigenvalue weighted by atomic mass is 10.1. The van der Waals surface area contributed by atoms with Gasteiger partial charge in [0.05, 0.1) is 11.5 Å². The molecule has 3 rings (SSSR count). The van der Waals surface area contributed by atoms with Gasteiger partial charge in [-0.05, 0) is 36.9 Å². The number of fused-ring (bicyclic) bond motifs is 1. The first-order chi connectivity index (χ1) is 11.2. The van der Waals surface area contributed by atoms with E-state index in [0.717, 1.165) is 9.95 Å². The van der Waals surface area contributed by atoms with Crippen LogP contribution in [0.1, 0.15) is 11.3 Å². The Balaban J connectivity index is 2.02. The predicted molar refractivity (Wildman–Crippen MR) is 89.3 cm³/mol. The Morgan fingerprint density at radius 3 is 2.62 bits per heavy atom. The maximum atomic E-state index is 13.7. The molecular formula is C15H14BF2NO4S. The van der Waals surface area contributed by atoms with Crippen LogP contribution in [-0.2, 0) is 4.65 Å². The molecule has 0 saturated carbocycles. The number of thioether (sulfide) groups is 1. The molecule has 0 bridgehead atoms. The van der Waals surface area contributed by atoms with Crippen molar-refractivity contribution in [3.63, 3.8) is 0 Å². The number of hydrogen-bond acceptors (Lipinski definition) is 5. The lowest BCUT2D eigenvalue weighted by Gasteiger charge is -2.35. The minimum Gasteiger partial charge on any atom is -0.627 e. The Bertz CT molecular complexity index is 882. The van der Waals surface area contributed by atoms with E-state index in [1.807, 2.05) is 30.8 Å². The van der Waals surface area contributed by atoms with Crippen LogP contribution in [0.15, 0.2) is 44.5 Å². The number of allylic oxidation sites excluding steroid dienone is 3. The fourth-order valence-corrected chi connectivity index (χ4v) is 3.06. The minimum atomic E-state index is -4.54. The van der Waals surface area contributed by atoms with Gasteiger partial charge in [-0.3, -0.25) is 0 Å². The Hall–Kier alpha value is -2.29. The lowest BCUT2D eigenvalue weighted by Crippen LogP contribution is -2.40. The number of aryl methyl sites for hydroxylation is 1. The molecule has 0 saturated heterocycles. The summed E-state index contributed by atoms with van der Waals surface area (Å²) in [5.41, 5.74) is -0.926. The summed E-state index contributed by atoms with van der Waals surface area (Å²) < 4.78 is 43.3. The molecule has 0 atom stereocenters. The van der Waals surface area contributed by atoms with Crippen LogP contribution in [0.5, 0.6) is 5.75 Å². The maximum Gasteiger partial charge on any atom is 0.725 e. The Morgan fingerprint density at radius 1 is 1.21 bits per heavy atom. The van der Waals surface area contributed by atoms with Gasteiger partial charge >= 0.3 is 12.7 Å². The summed E-state index contributed by atoms with van der Waals surface area (Å²) in [6.07, 6.45) is 6.68. The van der Waals surface area contributed by atoms with Crippen molar-refractivity contribution in [2.45, 2.75) is 6.92 Å². The highest BCUT2D eigenvalue weighted by Crippen LogP contribution is 2.36. The molecule has 0 fully saturated rings. The quantitative estimate of drug-likeness (QED) is 0.574. The van der Waals surface area contributed by atoms with Crippen LogP contribution >= 0.6 is 11.8 Å². The Morgan fingerprint density at radius 2 is 1.96 bits per heavy atom. The minimum absolute atomic E-state index is 0.144. The predicted octanol–water partition coefficient (Wildman–Crippen LogP) is 2.93. The highest BCUT2D eigenvalue weighted by Gasteiger charge is 2.40. The largest absolute Gasteiger partial charge is 0.725 e. The highest BCUT2D eigenvalue weighted by atomic mass is 32.2. The fourth-order valence-electron chi connectivity index (χ4n) is 2.23. The van der Waals surface area contributed by atoms with E-state index < -0.39 is 12.7 Å². The van der Waals surface area contributed by atoms with Crippen LogP contribution in [0.3, 0.4) is 0 Å². The van der Waals surface area contributed by atoms with Crippen LogP contribution in [0.4, 0.5) is 8.63 Å². The molecule has 0 radical (unpaired) electrons. The number of halogens is 2. The van der Waals surface area contributed by atoms with Gasteiger partial charge in [-0.1, -0.05) is 0 Å². The fraction of sp³-hybridized carbons (Fsp3) is 0.200. The average molecular weight is 353 g/mol. The van der Waals surface area contributed by atoms with E-state index in [4.69, 9.17) is 4.42 Å². The van der Waals surface area contributed by atoms with E-state index in [2.05, 4.69) is 9.31 Å². The van der Waals surface area contributed by atoms with Crippen molar-refractivity contribution in [1.82, 2.24) is 0 Å². The van der Waals surface area contributed by atoms with Gasteiger partial charge in [-0.2, -0.15) is 0 Å². The van der Waals surface area contributed by atoms with Crippen LogP contribution in [0.25, 0.3) is 5.76 Å². The summed E-state index contributed by atoms with van der Waals surface area (Å²) in [5.74, 6) is -0.320. The van der Waals surface area contributed by atoms with E-state index in [1.165, 1.54) is 30.8 Å². The SMILES string of the molecule is Cc1cc2c(c(=O)o1)C(=CC=C1C=CC(=[N+](C)C)S1)O[B-](F)(F)O2. The summed E-state index contributed by atoms with van der Waals surface area (Å²) in [6.45, 7) is 1.48. The molecule has 24 heavy (non-hydrogen) atoms. The maximum absolute atomic E-state index is 13.7. The molecular weight excluding hydrogens is 339 g/mol. The van der Waals surface area contributed by atoms with Gasteiger partial charge in [0.15, 0.2) is 0 Å². The molecule has 0 N–H and O–H groups in total. The first-order valence-electron chi connectivity index (χ1n) is 7.10. The average Bonchev–Trinajstić information content (AvgIpc) is 2.91. The van der Waals surface area contributed by atoms with Gasteiger partial charge in [-0.15, -0.1) is 0 Å². The van der Waals surface area contributed by atoms with Crippen LogP contribution in [0, 0.1) is 6.92 Å². The molecule has 1 aromatic rings. The van der Waals surface area contributed by atoms with E-state index in [0.29, 0.717) is 0 Å². The van der Waals surface area contributed by atoms with Crippen LogP contribution < -0.4 is 10.3 Å². The van der Waals surface area contributed by atoms with Crippen molar-refractivity contribution in [2.75, 3.05) is 14.1 Å². The molecule has 3 heterocycles. The third-order valence-electron chi connectivity index (χ3n) is 3.27. The first-order valence-corrected chi connectivity index (χ1v) is 7.92. The zero-order valence-corrected chi connectivity index (χ0v) is 14.0. The van der Waals surface area contributed by atoms with Gasteiger partial charge in [0.25, 0.3) is 0 Å². The van der Waals surface area contributed by atoms with E-state index in [1.54, 1.807) is 6.08 Å². The summed E-state index contributed by atoms with van der Waals surface area (Å²) in [7, 11) is -0.726. The van der Waals surface area contributed by atoms with E-state index in [9.17, 15) is 13.4 Å². The topological polar surface area (TPSA) is 51.7 Å². The second-order valence-electron chi connectivity index (χ2n) is 5.42. The normalized spacial score (nSPS) is 21.6. The first kappa shape index (κ1) is 16.6. The second kappa shape index (κ2) is 5.97. The van der Waals surface area contributed by atoms with Crippen molar-refractivity contribution in [3.05, 3.63) is 57.0 Å². The van der Waals surface area contributed by atoms with Gasteiger partial charge in [0, 0.05) is 17.0 Å². The molecule has 0 unspecified atom stereocenters. The van der Waals surface area contributed by atoms with Crippen molar-refractivity contribution in [2.24, 2.45) is 0 Å². The standard InChI is InChI=1S/C15H14BF2NO4S/c1-9-8-12-14(15(20)21-9)11(22-16(17,18)23-12)6-4-10-5-7-13(24-10)19(2)3/h4-8H,1-3H3. The van der Waals surface area contributed by atoms with E-state index in [-0.39, 0.29) is 22.8 Å².